The van der Waals surface area contributed by atoms with Crippen molar-refractivity contribution in [2.75, 3.05) is 19.8 Å². The highest BCUT2D eigenvalue weighted by molar-refractivity contribution is 7.46. The van der Waals surface area contributed by atoms with Gasteiger partial charge in [0.2, 0.25) is 6.54 Å². The van der Waals surface area contributed by atoms with Crippen molar-refractivity contribution in [3.63, 3.8) is 0 Å². The Morgan fingerprint density at radius 1 is 1.45 bits per heavy atom. The van der Waals surface area contributed by atoms with E-state index in [2.05, 4.69) is 20.1 Å². The van der Waals surface area contributed by atoms with Crippen LogP contribution in [-0.4, -0.2) is 62.4 Å². The maximum atomic E-state index is 12.5. The second-order valence-corrected chi connectivity index (χ2v) is 8.19. The molecule has 0 bridgehead atoms. The van der Waals surface area contributed by atoms with Crippen molar-refractivity contribution < 1.29 is 18.6 Å². The third-order valence-corrected chi connectivity index (χ3v) is 5.85. The second-order valence-electron chi connectivity index (χ2n) is 6.85. The van der Waals surface area contributed by atoms with Gasteiger partial charge in [0, 0.05) is 25.9 Å². The molecule has 3 rings (SSSR count). The molecular formula is C18H23N6O6P. The van der Waals surface area contributed by atoms with Crippen molar-refractivity contribution in [2.24, 2.45) is 0 Å². The van der Waals surface area contributed by atoms with Crippen LogP contribution in [0.5, 0.6) is 0 Å². The zero-order valence-corrected chi connectivity index (χ0v) is 18.2. The quantitative estimate of drug-likeness (QED) is 0.260. The number of carbonyl (C=O) groups excluding carboxylic acids is 1. The molecule has 166 valence electrons. The third-order valence-electron chi connectivity index (χ3n) is 4.76. The summed E-state index contributed by atoms with van der Waals surface area (Å²) in [5.74, 6) is -0.257. The molecule has 1 N–H and O–H groups in total. The van der Waals surface area contributed by atoms with Crippen LogP contribution in [0.15, 0.2) is 28.0 Å². The van der Waals surface area contributed by atoms with Gasteiger partial charge >= 0.3 is 5.69 Å². The lowest BCUT2D eigenvalue weighted by molar-refractivity contribution is -0.0235. The van der Waals surface area contributed by atoms with Gasteiger partial charge in [-0.25, -0.2) is 16.0 Å². The lowest BCUT2D eigenvalue weighted by Gasteiger charge is -2.26. The van der Waals surface area contributed by atoms with E-state index in [1.165, 1.54) is 34.6 Å². The van der Waals surface area contributed by atoms with Gasteiger partial charge in [0.15, 0.2) is 20.4 Å². The Hall–Kier alpha value is -2.71. The smallest absolute Gasteiger partial charge is 0.330 e. The zero-order chi connectivity index (χ0) is 22.5. The molecule has 0 amide bonds. The molecule has 3 heterocycles. The Balaban J connectivity index is 1.99. The molecule has 1 fully saturated rings. The minimum Gasteiger partial charge on any atom is -0.349 e. The molecule has 2 aromatic rings. The average Bonchev–Trinajstić information content (AvgIpc) is 3.33. The monoisotopic (exact) mass is 450 g/mol. The first kappa shape index (κ1) is 23.0. The molecule has 12 nitrogen and oxygen atoms in total. The van der Waals surface area contributed by atoms with E-state index in [1.807, 2.05) is 6.92 Å². The molecule has 0 saturated carbocycles. The molecule has 1 aliphatic heterocycles. The van der Waals surface area contributed by atoms with E-state index in [-0.39, 0.29) is 24.6 Å². The molecule has 1 saturated heterocycles. The topological polar surface area (TPSA) is 135 Å². The Bertz CT molecular complexity index is 1070. The Morgan fingerprint density at radius 2 is 2.23 bits per heavy atom. The Kier molecular flexibility index (Phi) is 7.46. The van der Waals surface area contributed by atoms with E-state index in [0.29, 0.717) is 6.42 Å². The third kappa shape index (κ3) is 5.14. The summed E-state index contributed by atoms with van der Waals surface area (Å²) in [6.07, 6.45) is 1.51. The number of Topliss-reactive ketones (excluding diaryl/α,β-unsaturated/α-hetero) is 1. The lowest BCUT2D eigenvalue weighted by atomic mass is 10.1. The van der Waals surface area contributed by atoms with Crippen molar-refractivity contribution in [3.05, 3.63) is 56.4 Å². The van der Waals surface area contributed by atoms with Crippen LogP contribution in [0.4, 0.5) is 0 Å². The molecule has 0 aliphatic carbocycles. The van der Waals surface area contributed by atoms with Crippen LogP contribution >= 0.6 is 8.38 Å². The molecule has 2 aromatic heterocycles. The first-order chi connectivity index (χ1) is 14.8. The first-order valence-corrected chi connectivity index (χ1v) is 11.2. The second kappa shape index (κ2) is 10.1. The number of nitrogens with one attached hydrogen (secondary N) is 1. The van der Waals surface area contributed by atoms with Gasteiger partial charge in [0.25, 0.3) is 5.56 Å². The molecule has 2 unspecified atom stereocenters. The van der Waals surface area contributed by atoms with Crippen LogP contribution in [0.3, 0.4) is 0 Å². The molecule has 5 atom stereocenters. The molecule has 0 aromatic carbocycles. The Labute approximate surface area is 178 Å². The molecule has 31 heavy (non-hydrogen) atoms. The van der Waals surface area contributed by atoms with Crippen LogP contribution in [-0.2, 0) is 13.8 Å². The zero-order valence-electron chi connectivity index (χ0n) is 17.3. The number of hydrogen-bond acceptors (Lipinski definition) is 8. The van der Waals surface area contributed by atoms with Crippen molar-refractivity contribution in [2.45, 2.75) is 44.7 Å². The van der Waals surface area contributed by atoms with Crippen molar-refractivity contribution in [1.29, 1.82) is 0 Å². The van der Waals surface area contributed by atoms with Gasteiger partial charge in [0.05, 0.1) is 12.3 Å². The van der Waals surface area contributed by atoms with Crippen molar-refractivity contribution >= 4 is 14.2 Å². The van der Waals surface area contributed by atoms with E-state index in [9.17, 15) is 14.4 Å². The van der Waals surface area contributed by atoms with Crippen LogP contribution in [0.1, 0.15) is 43.0 Å². The summed E-state index contributed by atoms with van der Waals surface area (Å²) >= 11 is 0. The standard InChI is InChI=1S/C18H23N6O6P/c1-5-13-16(30-31(4)28-9-7-19-3)15(24-10-12(11(2)25)21-22-24)17(29-13)23-8-6-14(26)20-18(23)27/h6,8,10,13,15-17H,5,7,9H2,1-2,4H3,(H,20,26,27)/t13-,15+,16?,17-,31?/m1/s1. The van der Waals surface area contributed by atoms with Crippen LogP contribution in [0, 0.1) is 6.57 Å². The summed E-state index contributed by atoms with van der Waals surface area (Å²) in [6, 6.07) is 0.558. The maximum Gasteiger partial charge on any atom is 0.330 e. The molecular weight excluding hydrogens is 427 g/mol. The maximum absolute atomic E-state index is 12.5. The predicted molar refractivity (Wildman–Crippen MR) is 110 cm³/mol. The highest BCUT2D eigenvalue weighted by Crippen LogP contribution is 2.47. The number of hydrogen-bond donors (Lipinski definition) is 1. The van der Waals surface area contributed by atoms with Gasteiger partial charge in [-0.1, -0.05) is 12.1 Å². The Morgan fingerprint density at radius 3 is 2.84 bits per heavy atom. The highest BCUT2D eigenvalue weighted by Gasteiger charge is 2.48. The number of aromatic amines is 1. The van der Waals surface area contributed by atoms with Crippen molar-refractivity contribution in [1.82, 2.24) is 24.5 Å². The van der Waals surface area contributed by atoms with Crippen molar-refractivity contribution in [3.8, 4) is 0 Å². The van der Waals surface area contributed by atoms with Gasteiger partial charge in [0.1, 0.15) is 24.4 Å². The highest BCUT2D eigenvalue weighted by atomic mass is 31.2. The van der Waals surface area contributed by atoms with Gasteiger partial charge in [-0.2, -0.15) is 0 Å². The number of aromatic nitrogens is 5. The fourth-order valence-corrected chi connectivity index (χ4v) is 4.32. The van der Waals surface area contributed by atoms with Gasteiger partial charge < -0.3 is 18.6 Å². The van der Waals surface area contributed by atoms with E-state index in [1.54, 1.807) is 6.66 Å². The molecule has 1 aliphatic rings. The van der Waals surface area contributed by atoms with Crippen LogP contribution in [0.25, 0.3) is 4.85 Å². The van der Waals surface area contributed by atoms with Crippen LogP contribution in [0.2, 0.25) is 0 Å². The van der Waals surface area contributed by atoms with Gasteiger partial charge in [-0.15, -0.1) is 5.10 Å². The van der Waals surface area contributed by atoms with E-state index < -0.39 is 44.1 Å². The summed E-state index contributed by atoms with van der Waals surface area (Å²) in [5.41, 5.74) is -1.00. The van der Waals surface area contributed by atoms with E-state index >= 15 is 0 Å². The summed E-state index contributed by atoms with van der Waals surface area (Å²) in [5, 5.41) is 7.97. The summed E-state index contributed by atoms with van der Waals surface area (Å²) in [6.45, 7) is 12.4. The van der Waals surface area contributed by atoms with Gasteiger partial charge in [-0.05, 0) is 6.42 Å². The van der Waals surface area contributed by atoms with Crippen LogP contribution < -0.4 is 11.2 Å². The number of carbonyl (C=O) groups is 1. The minimum atomic E-state index is -1.36. The fourth-order valence-electron chi connectivity index (χ4n) is 3.32. The first-order valence-electron chi connectivity index (χ1n) is 9.62. The van der Waals surface area contributed by atoms with E-state index in [4.69, 9.17) is 20.4 Å². The number of ketones is 1. The lowest BCUT2D eigenvalue weighted by Crippen LogP contribution is -2.36. The number of nitrogens with zero attached hydrogens (tertiary/aromatic N) is 5. The number of H-pyrrole nitrogens is 1. The largest absolute Gasteiger partial charge is 0.349 e. The molecule has 0 radical (unpaired) electrons. The fraction of sp³-hybridized carbons (Fsp3) is 0.556. The SMILES string of the molecule is [C-]#[N+]CCOP(C)OC1[C@@H](CC)O[C@@H](n2ccc(=O)[nH]c2=O)[C@H]1n1cc(C(C)=O)nn1. The normalized spacial score (nSPS) is 24.1. The van der Waals surface area contributed by atoms with Gasteiger partial charge in [-0.3, -0.25) is 19.1 Å². The minimum absolute atomic E-state index is 0.165. The predicted octanol–water partition coefficient (Wildman–Crippen LogP) is 1.14. The summed E-state index contributed by atoms with van der Waals surface area (Å²) in [7, 11) is -1.36. The summed E-state index contributed by atoms with van der Waals surface area (Å²) in [4.78, 5) is 41.2. The number of rotatable bonds is 9. The van der Waals surface area contributed by atoms with E-state index in [0.717, 1.165) is 0 Å². The molecule has 13 heteroatoms. The number of ether oxygens (including phenoxy) is 1. The average molecular weight is 450 g/mol. The molecule has 0 spiro atoms. The summed E-state index contributed by atoms with van der Waals surface area (Å²) < 4.78 is 20.6.